The second-order valence-electron chi connectivity index (χ2n) is 4.10. The average molecular weight is 294 g/mol. The fourth-order valence-electron chi connectivity index (χ4n) is 1.49. The van der Waals surface area contributed by atoms with Crippen LogP contribution in [0.3, 0.4) is 0 Å². The van der Waals surface area contributed by atoms with E-state index in [4.69, 9.17) is 9.47 Å². The third-order valence-corrected chi connectivity index (χ3v) is 2.48. The molecular formula is C13H15FN4O3. The van der Waals surface area contributed by atoms with Crippen LogP contribution < -0.4 is 14.8 Å². The van der Waals surface area contributed by atoms with Crippen molar-refractivity contribution < 1.29 is 18.7 Å². The molecule has 0 aliphatic rings. The molecule has 0 radical (unpaired) electrons. The number of nitrogens with zero attached hydrogens (tertiary/aromatic N) is 2. The molecule has 0 spiro atoms. The molecule has 0 saturated carbocycles. The molecule has 1 atom stereocenters. The Bertz CT molecular complexity index is 600. The van der Waals surface area contributed by atoms with Gasteiger partial charge in [-0.05, 0) is 38.1 Å². The van der Waals surface area contributed by atoms with E-state index in [1.807, 2.05) is 0 Å². The third-order valence-electron chi connectivity index (χ3n) is 2.48. The molecule has 1 amide bonds. The topological polar surface area (TPSA) is 89.1 Å². The van der Waals surface area contributed by atoms with Crippen LogP contribution in [0, 0.1) is 5.82 Å². The minimum Gasteiger partial charge on any atom is -0.481 e. The van der Waals surface area contributed by atoms with E-state index in [1.54, 1.807) is 13.8 Å². The number of rotatable bonds is 6. The highest BCUT2D eigenvalue weighted by Crippen LogP contribution is 2.14. The van der Waals surface area contributed by atoms with Crippen LogP contribution in [-0.2, 0) is 4.79 Å². The summed E-state index contributed by atoms with van der Waals surface area (Å²) in [4.78, 5) is 15.8. The van der Waals surface area contributed by atoms with Crippen LogP contribution in [0.2, 0.25) is 0 Å². The van der Waals surface area contributed by atoms with Gasteiger partial charge in [0.1, 0.15) is 11.6 Å². The first kappa shape index (κ1) is 14.8. The molecular weight excluding hydrogens is 279 g/mol. The van der Waals surface area contributed by atoms with Crippen molar-refractivity contribution in [3.8, 4) is 11.8 Å². The quantitative estimate of drug-likeness (QED) is 0.847. The van der Waals surface area contributed by atoms with Gasteiger partial charge in [0, 0.05) is 0 Å². The van der Waals surface area contributed by atoms with Crippen molar-refractivity contribution in [1.82, 2.24) is 15.2 Å². The van der Waals surface area contributed by atoms with Crippen LogP contribution in [0.1, 0.15) is 13.8 Å². The minimum absolute atomic E-state index is 0.153. The van der Waals surface area contributed by atoms with Gasteiger partial charge in [0.15, 0.2) is 6.10 Å². The summed E-state index contributed by atoms with van der Waals surface area (Å²) in [6, 6.07) is 5.55. The van der Waals surface area contributed by atoms with Gasteiger partial charge < -0.3 is 9.47 Å². The number of anilines is 1. The van der Waals surface area contributed by atoms with Crippen LogP contribution in [-0.4, -0.2) is 33.8 Å². The first-order chi connectivity index (χ1) is 10.1. The predicted molar refractivity (Wildman–Crippen MR) is 72.7 cm³/mol. The van der Waals surface area contributed by atoms with Crippen molar-refractivity contribution in [1.29, 1.82) is 0 Å². The van der Waals surface area contributed by atoms with E-state index < -0.39 is 12.0 Å². The Kier molecular flexibility index (Phi) is 4.70. The van der Waals surface area contributed by atoms with E-state index >= 15 is 0 Å². The highest BCUT2D eigenvalue weighted by atomic mass is 19.1. The molecule has 1 heterocycles. The second kappa shape index (κ2) is 6.69. The molecule has 8 heteroatoms. The number of nitrogens with one attached hydrogen (secondary N) is 2. The van der Waals surface area contributed by atoms with Gasteiger partial charge >= 0.3 is 6.01 Å². The van der Waals surface area contributed by atoms with Gasteiger partial charge in [0.2, 0.25) is 5.95 Å². The first-order valence-electron chi connectivity index (χ1n) is 6.36. The lowest BCUT2D eigenvalue weighted by Crippen LogP contribution is -2.30. The van der Waals surface area contributed by atoms with Crippen molar-refractivity contribution >= 4 is 11.9 Å². The van der Waals surface area contributed by atoms with Crippen molar-refractivity contribution in [3.63, 3.8) is 0 Å². The van der Waals surface area contributed by atoms with E-state index in [9.17, 15) is 9.18 Å². The van der Waals surface area contributed by atoms with Gasteiger partial charge in [-0.3, -0.25) is 10.1 Å². The number of carbonyl (C=O) groups is 1. The maximum Gasteiger partial charge on any atom is 0.337 e. The molecule has 1 aromatic heterocycles. The van der Waals surface area contributed by atoms with Crippen molar-refractivity contribution in [2.24, 2.45) is 0 Å². The number of aromatic amines is 1. The molecule has 0 bridgehead atoms. The summed E-state index contributed by atoms with van der Waals surface area (Å²) in [6.45, 7) is 3.79. The zero-order valence-corrected chi connectivity index (χ0v) is 11.6. The van der Waals surface area contributed by atoms with Crippen LogP contribution >= 0.6 is 0 Å². The fourth-order valence-corrected chi connectivity index (χ4v) is 1.49. The highest BCUT2D eigenvalue weighted by Gasteiger charge is 2.17. The lowest BCUT2D eigenvalue weighted by molar-refractivity contribution is -0.122. The number of amides is 1. The van der Waals surface area contributed by atoms with Crippen molar-refractivity contribution in [3.05, 3.63) is 30.1 Å². The summed E-state index contributed by atoms with van der Waals surface area (Å²) in [6.07, 6.45) is -0.781. The molecule has 2 rings (SSSR count). The van der Waals surface area contributed by atoms with Gasteiger partial charge in [-0.1, -0.05) is 0 Å². The molecule has 0 aliphatic carbocycles. The molecule has 21 heavy (non-hydrogen) atoms. The molecule has 7 nitrogen and oxygen atoms in total. The molecule has 2 N–H and O–H groups in total. The molecule has 112 valence electrons. The lowest BCUT2D eigenvalue weighted by atomic mass is 10.3. The molecule has 2 aromatic rings. The number of ether oxygens (including phenoxy) is 2. The number of H-pyrrole nitrogens is 1. The monoisotopic (exact) mass is 294 g/mol. The summed E-state index contributed by atoms with van der Waals surface area (Å²) < 4.78 is 23.2. The van der Waals surface area contributed by atoms with Gasteiger partial charge in [-0.25, -0.2) is 9.49 Å². The maximum atomic E-state index is 12.8. The zero-order valence-electron chi connectivity index (χ0n) is 11.6. The SMILES string of the molecule is CCOc1n[nH]c(NC(=O)C(C)Oc2ccc(F)cc2)n1. The minimum atomic E-state index is -0.781. The number of benzene rings is 1. The zero-order chi connectivity index (χ0) is 15.2. The number of hydrogen-bond donors (Lipinski definition) is 2. The fraction of sp³-hybridized carbons (Fsp3) is 0.308. The van der Waals surface area contributed by atoms with Crippen molar-refractivity contribution in [2.45, 2.75) is 20.0 Å². The summed E-state index contributed by atoms with van der Waals surface area (Å²) in [5.41, 5.74) is 0. The number of aromatic nitrogens is 3. The Morgan fingerprint density at radius 3 is 2.81 bits per heavy atom. The van der Waals surface area contributed by atoms with Crippen LogP contribution in [0.25, 0.3) is 0 Å². The maximum absolute atomic E-state index is 12.8. The van der Waals surface area contributed by atoms with Crippen molar-refractivity contribution in [2.75, 3.05) is 11.9 Å². The van der Waals surface area contributed by atoms with Crippen LogP contribution in [0.4, 0.5) is 10.3 Å². The summed E-state index contributed by atoms with van der Waals surface area (Å²) in [5.74, 6) is -0.229. The normalized spacial score (nSPS) is 11.8. The Labute approximate surface area is 120 Å². The van der Waals surface area contributed by atoms with E-state index in [2.05, 4.69) is 20.5 Å². The Hall–Kier alpha value is -2.64. The lowest BCUT2D eigenvalue weighted by Gasteiger charge is -2.13. The molecule has 0 saturated heterocycles. The van der Waals surface area contributed by atoms with E-state index in [0.29, 0.717) is 12.4 Å². The third kappa shape index (κ3) is 4.16. The number of hydrogen-bond acceptors (Lipinski definition) is 5. The summed E-state index contributed by atoms with van der Waals surface area (Å²) in [7, 11) is 0. The second-order valence-corrected chi connectivity index (χ2v) is 4.10. The molecule has 0 aliphatic heterocycles. The Morgan fingerprint density at radius 2 is 2.14 bits per heavy atom. The average Bonchev–Trinajstić information content (AvgIpc) is 2.89. The number of halogens is 1. The Balaban J connectivity index is 1.90. The number of carbonyl (C=O) groups excluding carboxylic acids is 1. The first-order valence-corrected chi connectivity index (χ1v) is 6.36. The molecule has 1 unspecified atom stereocenters. The summed E-state index contributed by atoms with van der Waals surface area (Å²) >= 11 is 0. The largest absolute Gasteiger partial charge is 0.481 e. The predicted octanol–water partition coefficient (Wildman–Crippen LogP) is 1.75. The van der Waals surface area contributed by atoms with Gasteiger partial charge in [-0.2, -0.15) is 4.98 Å². The van der Waals surface area contributed by atoms with E-state index in [0.717, 1.165) is 0 Å². The van der Waals surface area contributed by atoms with Gasteiger partial charge in [-0.15, -0.1) is 5.10 Å². The standard InChI is InChI=1S/C13H15FN4O3/c1-3-20-13-16-12(17-18-13)15-11(19)8(2)21-10-6-4-9(14)5-7-10/h4-8H,3H2,1-2H3,(H2,15,16,17,18,19). The highest BCUT2D eigenvalue weighted by molar-refractivity contribution is 5.92. The van der Waals surface area contributed by atoms with Crippen LogP contribution in [0.5, 0.6) is 11.8 Å². The summed E-state index contributed by atoms with van der Waals surface area (Å²) in [5, 5.41) is 8.79. The molecule has 0 fully saturated rings. The Morgan fingerprint density at radius 1 is 1.43 bits per heavy atom. The van der Waals surface area contributed by atoms with E-state index in [-0.39, 0.29) is 17.8 Å². The molecule has 1 aromatic carbocycles. The smallest absolute Gasteiger partial charge is 0.337 e. The van der Waals surface area contributed by atoms with Gasteiger partial charge in [0.05, 0.1) is 6.61 Å². The van der Waals surface area contributed by atoms with E-state index in [1.165, 1.54) is 24.3 Å². The van der Waals surface area contributed by atoms with Gasteiger partial charge in [0.25, 0.3) is 5.91 Å². The van der Waals surface area contributed by atoms with Crippen LogP contribution in [0.15, 0.2) is 24.3 Å².